The van der Waals surface area contributed by atoms with Crippen molar-refractivity contribution in [2.75, 3.05) is 7.05 Å². The van der Waals surface area contributed by atoms with E-state index in [9.17, 15) is 0 Å². The maximum atomic E-state index is 4.61. The van der Waals surface area contributed by atoms with Crippen LogP contribution in [0.15, 0.2) is 18.2 Å². The van der Waals surface area contributed by atoms with Gasteiger partial charge in [-0.25, -0.2) is 4.98 Å². The van der Waals surface area contributed by atoms with Crippen LogP contribution in [0.25, 0.3) is 11.0 Å². The highest BCUT2D eigenvalue weighted by Crippen LogP contribution is 2.16. The van der Waals surface area contributed by atoms with Gasteiger partial charge in [-0.2, -0.15) is 0 Å². The van der Waals surface area contributed by atoms with Crippen LogP contribution in [0.3, 0.4) is 0 Å². The summed E-state index contributed by atoms with van der Waals surface area (Å²) in [6.45, 7) is 2.98. The molecule has 15 heavy (non-hydrogen) atoms. The molecule has 0 fully saturated rings. The first-order chi connectivity index (χ1) is 7.26. The van der Waals surface area contributed by atoms with Gasteiger partial charge in [0.1, 0.15) is 5.82 Å². The minimum absolute atomic E-state index is 0.812. The van der Waals surface area contributed by atoms with E-state index in [1.165, 1.54) is 11.1 Å². The first-order valence-corrected chi connectivity index (χ1v) is 5.35. The smallest absolute Gasteiger partial charge is 0.123 e. The highest BCUT2D eigenvalue weighted by Gasteiger charge is 2.06. The van der Waals surface area contributed by atoms with Crippen LogP contribution in [0.2, 0.25) is 0 Å². The van der Waals surface area contributed by atoms with Gasteiger partial charge < -0.3 is 9.88 Å². The average Bonchev–Trinajstić information content (AvgIpc) is 2.56. The molecule has 2 rings (SSSR count). The molecule has 1 aromatic carbocycles. The van der Waals surface area contributed by atoms with Crippen molar-refractivity contribution < 1.29 is 0 Å². The molecule has 2 aromatic rings. The number of rotatable bonds is 3. The quantitative estimate of drug-likeness (QED) is 0.825. The highest BCUT2D eigenvalue weighted by atomic mass is 15.1. The number of imidazole rings is 1. The third kappa shape index (κ3) is 1.75. The summed E-state index contributed by atoms with van der Waals surface area (Å²) in [5.41, 5.74) is 3.65. The van der Waals surface area contributed by atoms with Gasteiger partial charge in [0.25, 0.3) is 0 Å². The van der Waals surface area contributed by atoms with Crippen LogP contribution in [0.1, 0.15) is 18.3 Å². The number of nitrogens with one attached hydrogen (secondary N) is 1. The van der Waals surface area contributed by atoms with E-state index in [-0.39, 0.29) is 0 Å². The second-order valence-electron chi connectivity index (χ2n) is 3.79. The predicted molar refractivity (Wildman–Crippen MR) is 62.9 cm³/mol. The fraction of sp³-hybridized carbons (Fsp3) is 0.417. The largest absolute Gasteiger partial charge is 0.330 e. The van der Waals surface area contributed by atoms with E-state index >= 15 is 0 Å². The van der Waals surface area contributed by atoms with E-state index in [0.717, 1.165) is 24.3 Å². The monoisotopic (exact) mass is 203 g/mol. The Labute approximate surface area is 90.1 Å². The minimum atomic E-state index is 0.812. The van der Waals surface area contributed by atoms with E-state index in [0.29, 0.717) is 0 Å². The van der Waals surface area contributed by atoms with Crippen molar-refractivity contribution in [2.45, 2.75) is 19.9 Å². The normalized spacial score (nSPS) is 11.1. The molecular weight excluding hydrogens is 186 g/mol. The molecular formula is C12H17N3. The Bertz CT molecular complexity index is 471. The van der Waals surface area contributed by atoms with Crippen molar-refractivity contribution in [1.82, 2.24) is 14.9 Å². The van der Waals surface area contributed by atoms with Crippen molar-refractivity contribution >= 4 is 11.0 Å². The van der Waals surface area contributed by atoms with Gasteiger partial charge in [-0.15, -0.1) is 0 Å². The summed E-state index contributed by atoms with van der Waals surface area (Å²) in [6.07, 6.45) is 1.06. The fourth-order valence-electron chi connectivity index (χ4n) is 1.83. The predicted octanol–water partition coefficient (Wildman–Crippen LogP) is 1.86. The van der Waals surface area contributed by atoms with Crippen molar-refractivity contribution in [3.05, 3.63) is 29.6 Å². The number of fused-ring (bicyclic) bond motifs is 1. The summed E-state index contributed by atoms with van der Waals surface area (Å²) >= 11 is 0. The topological polar surface area (TPSA) is 29.9 Å². The van der Waals surface area contributed by atoms with Gasteiger partial charge in [0.15, 0.2) is 0 Å². The molecule has 0 radical (unpaired) electrons. The number of aryl methyl sites for hydroxylation is 2. The molecule has 0 unspecified atom stereocenters. The van der Waals surface area contributed by atoms with Crippen LogP contribution < -0.4 is 5.32 Å². The molecule has 0 spiro atoms. The summed E-state index contributed by atoms with van der Waals surface area (Å²) in [7, 11) is 4.00. The van der Waals surface area contributed by atoms with Gasteiger partial charge in [0.2, 0.25) is 0 Å². The molecule has 1 aromatic heterocycles. The second kappa shape index (κ2) is 4.03. The van der Waals surface area contributed by atoms with Crippen LogP contribution in [0.4, 0.5) is 0 Å². The Kier molecular flexibility index (Phi) is 2.73. The lowest BCUT2D eigenvalue weighted by molar-refractivity contribution is 0.719. The summed E-state index contributed by atoms with van der Waals surface area (Å²) in [5, 5.41) is 3.13. The van der Waals surface area contributed by atoms with Gasteiger partial charge >= 0.3 is 0 Å². The zero-order valence-corrected chi connectivity index (χ0v) is 9.54. The minimum Gasteiger partial charge on any atom is -0.330 e. The first kappa shape index (κ1) is 10.2. The second-order valence-corrected chi connectivity index (χ2v) is 3.79. The third-order valence-electron chi connectivity index (χ3n) is 2.78. The lowest BCUT2D eigenvalue weighted by Crippen LogP contribution is -2.10. The van der Waals surface area contributed by atoms with Gasteiger partial charge in [-0.3, -0.25) is 0 Å². The molecule has 0 atom stereocenters. The first-order valence-electron chi connectivity index (χ1n) is 5.35. The van der Waals surface area contributed by atoms with Crippen LogP contribution in [-0.4, -0.2) is 16.6 Å². The van der Waals surface area contributed by atoms with Crippen molar-refractivity contribution in [1.29, 1.82) is 0 Å². The van der Waals surface area contributed by atoms with Crippen LogP contribution in [0, 0.1) is 0 Å². The summed E-state index contributed by atoms with van der Waals surface area (Å²) in [5.74, 6) is 1.08. The lowest BCUT2D eigenvalue weighted by Gasteiger charge is -2.00. The fourth-order valence-corrected chi connectivity index (χ4v) is 1.83. The molecule has 0 saturated carbocycles. The number of aromatic nitrogens is 2. The Morgan fingerprint density at radius 1 is 1.40 bits per heavy atom. The zero-order valence-electron chi connectivity index (χ0n) is 9.54. The highest BCUT2D eigenvalue weighted by molar-refractivity contribution is 5.76. The van der Waals surface area contributed by atoms with E-state index in [4.69, 9.17) is 0 Å². The molecule has 3 nitrogen and oxygen atoms in total. The molecule has 1 heterocycles. The molecule has 0 aliphatic rings. The summed E-state index contributed by atoms with van der Waals surface area (Å²) < 4.78 is 2.14. The molecule has 80 valence electrons. The van der Waals surface area contributed by atoms with E-state index < -0.39 is 0 Å². The standard InChI is InChI=1S/C12H17N3/c1-4-9-5-6-11-10(7-9)14-12(8-13-2)15(11)3/h5-7,13H,4,8H2,1-3H3. The van der Waals surface area contributed by atoms with Gasteiger partial charge in [0, 0.05) is 7.05 Å². The number of hydrogen-bond donors (Lipinski definition) is 1. The SMILES string of the molecule is CCc1ccc2c(c1)nc(CNC)n2C. The maximum absolute atomic E-state index is 4.61. The van der Waals surface area contributed by atoms with E-state index in [1.807, 2.05) is 7.05 Å². The van der Waals surface area contributed by atoms with Crippen LogP contribution in [-0.2, 0) is 20.0 Å². The number of nitrogens with zero attached hydrogens (tertiary/aromatic N) is 2. The molecule has 1 N–H and O–H groups in total. The van der Waals surface area contributed by atoms with Crippen molar-refractivity contribution in [3.63, 3.8) is 0 Å². The molecule has 0 saturated heterocycles. The molecule has 0 aliphatic carbocycles. The third-order valence-corrected chi connectivity index (χ3v) is 2.78. The Hall–Kier alpha value is -1.35. The van der Waals surface area contributed by atoms with Gasteiger partial charge in [0.05, 0.1) is 17.6 Å². The van der Waals surface area contributed by atoms with Crippen LogP contribution in [0.5, 0.6) is 0 Å². The Morgan fingerprint density at radius 2 is 2.20 bits per heavy atom. The molecule has 0 amide bonds. The van der Waals surface area contributed by atoms with Crippen LogP contribution >= 0.6 is 0 Å². The molecule has 3 heteroatoms. The van der Waals surface area contributed by atoms with Crippen molar-refractivity contribution in [2.24, 2.45) is 7.05 Å². The molecule has 0 bridgehead atoms. The molecule has 0 aliphatic heterocycles. The summed E-state index contributed by atoms with van der Waals surface area (Å²) in [6, 6.07) is 6.50. The maximum Gasteiger partial charge on any atom is 0.123 e. The number of hydrogen-bond acceptors (Lipinski definition) is 2. The Balaban J connectivity index is 2.55. The van der Waals surface area contributed by atoms with E-state index in [1.54, 1.807) is 0 Å². The number of benzene rings is 1. The van der Waals surface area contributed by atoms with Gasteiger partial charge in [-0.05, 0) is 31.2 Å². The van der Waals surface area contributed by atoms with Crippen molar-refractivity contribution in [3.8, 4) is 0 Å². The van der Waals surface area contributed by atoms with Gasteiger partial charge in [-0.1, -0.05) is 13.0 Å². The summed E-state index contributed by atoms with van der Waals surface area (Å²) in [4.78, 5) is 4.61. The average molecular weight is 203 g/mol. The lowest BCUT2D eigenvalue weighted by atomic mass is 10.1. The Morgan fingerprint density at radius 3 is 2.87 bits per heavy atom. The zero-order chi connectivity index (χ0) is 10.8. The van der Waals surface area contributed by atoms with E-state index in [2.05, 4.69) is 47.0 Å².